The van der Waals surface area contributed by atoms with Crippen LogP contribution in [0.1, 0.15) is 15.9 Å². The summed E-state index contributed by atoms with van der Waals surface area (Å²) in [5.74, 6) is -0.635. The van der Waals surface area contributed by atoms with Crippen LogP contribution in [0.5, 0.6) is 5.75 Å². The topological polar surface area (TPSA) is 105 Å². The quantitative estimate of drug-likeness (QED) is 0.494. The first-order chi connectivity index (χ1) is 10.5. The molecule has 0 fully saturated rings. The third-order valence-electron chi connectivity index (χ3n) is 2.69. The first kappa shape index (κ1) is 15.6. The highest BCUT2D eigenvalue weighted by Crippen LogP contribution is 2.31. The number of nitrogens with zero attached hydrogens (tertiary/aromatic N) is 2. The van der Waals surface area contributed by atoms with Gasteiger partial charge in [-0.25, -0.2) is 5.43 Å². The lowest BCUT2D eigenvalue weighted by Crippen LogP contribution is -2.17. The van der Waals surface area contributed by atoms with E-state index in [0.29, 0.717) is 5.56 Å². The predicted octanol–water partition coefficient (Wildman–Crippen LogP) is 2.83. The van der Waals surface area contributed by atoms with Crippen LogP contribution in [0, 0.1) is 10.1 Å². The molecule has 1 amide bonds. The molecule has 0 aliphatic heterocycles. The van der Waals surface area contributed by atoms with E-state index in [2.05, 4.69) is 26.5 Å². The minimum absolute atomic E-state index is 0.106. The number of aromatic hydroxyl groups is 1. The van der Waals surface area contributed by atoms with Gasteiger partial charge in [-0.2, -0.15) is 5.10 Å². The average Bonchev–Trinajstić information content (AvgIpc) is 2.51. The van der Waals surface area contributed by atoms with Crippen LogP contribution in [0.4, 0.5) is 5.69 Å². The number of rotatable bonds is 4. The predicted molar refractivity (Wildman–Crippen MR) is 84.0 cm³/mol. The van der Waals surface area contributed by atoms with Crippen molar-refractivity contribution in [3.05, 3.63) is 68.2 Å². The summed E-state index contributed by atoms with van der Waals surface area (Å²) in [6.07, 6.45) is 1.13. The molecule has 2 aromatic rings. The lowest BCUT2D eigenvalue weighted by atomic mass is 10.2. The summed E-state index contributed by atoms with van der Waals surface area (Å²) >= 11 is 3.02. The second-order valence-corrected chi connectivity index (χ2v) is 5.04. The Balaban J connectivity index is 2.17. The van der Waals surface area contributed by atoms with Crippen LogP contribution in [0.25, 0.3) is 0 Å². The minimum atomic E-state index is -0.593. The van der Waals surface area contributed by atoms with Gasteiger partial charge in [-0.1, -0.05) is 18.2 Å². The molecule has 0 saturated heterocycles. The SMILES string of the molecule is O=C(N/N=C\c1cc([N+](=O)[O-])cc(Br)c1O)c1ccccc1. The smallest absolute Gasteiger partial charge is 0.271 e. The number of halogens is 1. The summed E-state index contributed by atoms with van der Waals surface area (Å²) in [6.45, 7) is 0. The van der Waals surface area contributed by atoms with Crippen LogP contribution in [-0.2, 0) is 0 Å². The Bertz CT molecular complexity index is 747. The molecule has 7 nitrogen and oxygen atoms in total. The summed E-state index contributed by atoms with van der Waals surface area (Å²) in [7, 11) is 0. The number of hydrazone groups is 1. The van der Waals surface area contributed by atoms with Gasteiger partial charge in [0.25, 0.3) is 11.6 Å². The van der Waals surface area contributed by atoms with Gasteiger partial charge in [0.05, 0.1) is 15.6 Å². The number of hydrogen-bond donors (Lipinski definition) is 2. The van der Waals surface area contributed by atoms with E-state index in [1.807, 2.05) is 0 Å². The largest absolute Gasteiger partial charge is 0.506 e. The fourth-order valence-electron chi connectivity index (χ4n) is 1.62. The molecule has 22 heavy (non-hydrogen) atoms. The zero-order valence-electron chi connectivity index (χ0n) is 11.1. The summed E-state index contributed by atoms with van der Waals surface area (Å²) in [5, 5.41) is 24.3. The standard InChI is InChI=1S/C14H10BrN3O4/c15-12-7-11(18(21)22)6-10(13(12)19)8-16-17-14(20)9-4-2-1-3-5-9/h1-8,19H,(H,17,20)/b16-8-. The van der Waals surface area contributed by atoms with Crippen molar-refractivity contribution in [2.75, 3.05) is 0 Å². The second-order valence-electron chi connectivity index (χ2n) is 4.19. The van der Waals surface area contributed by atoms with Gasteiger partial charge in [-0.3, -0.25) is 14.9 Å². The van der Waals surface area contributed by atoms with Crippen molar-refractivity contribution in [3.8, 4) is 5.75 Å². The molecule has 0 saturated carbocycles. The van der Waals surface area contributed by atoms with Gasteiger partial charge in [0.1, 0.15) is 5.75 Å². The number of carbonyl (C=O) groups excluding carboxylic acids is 1. The van der Waals surface area contributed by atoms with Gasteiger partial charge >= 0.3 is 0 Å². The Labute approximate surface area is 133 Å². The monoisotopic (exact) mass is 363 g/mol. The van der Waals surface area contributed by atoms with Crippen molar-refractivity contribution in [2.45, 2.75) is 0 Å². The molecule has 0 heterocycles. The van der Waals surface area contributed by atoms with Crippen molar-refractivity contribution in [1.82, 2.24) is 5.43 Å². The normalized spacial score (nSPS) is 10.6. The Hall–Kier alpha value is -2.74. The Morgan fingerprint density at radius 2 is 2.00 bits per heavy atom. The van der Waals surface area contributed by atoms with Crippen molar-refractivity contribution >= 4 is 33.7 Å². The van der Waals surface area contributed by atoms with Crippen LogP contribution in [0.3, 0.4) is 0 Å². The Morgan fingerprint density at radius 1 is 1.32 bits per heavy atom. The highest BCUT2D eigenvalue weighted by Gasteiger charge is 2.13. The van der Waals surface area contributed by atoms with E-state index >= 15 is 0 Å². The number of hydrogen-bond acceptors (Lipinski definition) is 5. The van der Waals surface area contributed by atoms with Crippen molar-refractivity contribution in [1.29, 1.82) is 0 Å². The molecule has 0 aliphatic carbocycles. The number of carbonyl (C=O) groups is 1. The van der Waals surface area contributed by atoms with Crippen molar-refractivity contribution in [3.63, 3.8) is 0 Å². The molecule has 0 aromatic heterocycles. The van der Waals surface area contributed by atoms with Gasteiger partial charge in [-0.05, 0) is 28.1 Å². The van der Waals surface area contributed by atoms with E-state index in [4.69, 9.17) is 0 Å². The fourth-order valence-corrected chi connectivity index (χ4v) is 2.09. The van der Waals surface area contributed by atoms with Gasteiger partial charge in [-0.15, -0.1) is 0 Å². The maximum Gasteiger partial charge on any atom is 0.271 e. The molecule has 0 aliphatic rings. The molecule has 2 aromatic carbocycles. The zero-order valence-corrected chi connectivity index (χ0v) is 12.6. The molecule has 2 rings (SSSR count). The molecule has 2 N–H and O–H groups in total. The Kier molecular flexibility index (Phi) is 4.84. The number of nitro groups is 1. The molecule has 0 unspecified atom stereocenters. The number of phenolic OH excluding ortho intramolecular Hbond substituents is 1. The highest BCUT2D eigenvalue weighted by atomic mass is 79.9. The number of benzene rings is 2. The van der Waals surface area contributed by atoms with Crippen LogP contribution >= 0.6 is 15.9 Å². The lowest BCUT2D eigenvalue weighted by Gasteiger charge is -2.02. The van der Waals surface area contributed by atoms with E-state index in [9.17, 15) is 20.0 Å². The molecular weight excluding hydrogens is 354 g/mol. The molecule has 0 radical (unpaired) electrons. The summed E-state index contributed by atoms with van der Waals surface area (Å²) in [4.78, 5) is 21.9. The third kappa shape index (κ3) is 3.67. The number of non-ortho nitro benzene ring substituents is 1. The maximum absolute atomic E-state index is 11.8. The van der Waals surface area contributed by atoms with Gasteiger partial charge in [0.15, 0.2) is 0 Å². The number of amides is 1. The first-order valence-electron chi connectivity index (χ1n) is 6.04. The van der Waals surface area contributed by atoms with E-state index in [0.717, 1.165) is 12.3 Å². The molecule has 0 bridgehead atoms. The average molecular weight is 364 g/mol. The number of nitrogens with one attached hydrogen (secondary N) is 1. The van der Waals surface area contributed by atoms with E-state index in [-0.39, 0.29) is 21.5 Å². The van der Waals surface area contributed by atoms with E-state index < -0.39 is 10.8 Å². The third-order valence-corrected chi connectivity index (χ3v) is 3.30. The van der Waals surface area contributed by atoms with Crippen LogP contribution in [0.2, 0.25) is 0 Å². The second kappa shape index (κ2) is 6.81. The van der Waals surface area contributed by atoms with E-state index in [1.54, 1.807) is 30.3 Å². The number of nitro benzene ring substituents is 1. The first-order valence-corrected chi connectivity index (χ1v) is 6.83. The Morgan fingerprint density at radius 3 is 2.64 bits per heavy atom. The van der Waals surface area contributed by atoms with Crippen LogP contribution in [0.15, 0.2) is 52.0 Å². The van der Waals surface area contributed by atoms with Crippen LogP contribution < -0.4 is 5.43 Å². The van der Waals surface area contributed by atoms with E-state index in [1.165, 1.54) is 6.07 Å². The van der Waals surface area contributed by atoms with Gasteiger partial charge in [0, 0.05) is 23.3 Å². The van der Waals surface area contributed by atoms with Crippen molar-refractivity contribution < 1.29 is 14.8 Å². The molecule has 0 atom stereocenters. The summed E-state index contributed by atoms with van der Waals surface area (Å²) in [6, 6.07) is 10.8. The van der Waals surface area contributed by atoms with Gasteiger partial charge < -0.3 is 5.11 Å². The molecule has 112 valence electrons. The lowest BCUT2D eigenvalue weighted by molar-refractivity contribution is -0.385. The van der Waals surface area contributed by atoms with Gasteiger partial charge in [0.2, 0.25) is 0 Å². The summed E-state index contributed by atoms with van der Waals surface area (Å²) in [5.41, 5.74) is 2.60. The summed E-state index contributed by atoms with van der Waals surface area (Å²) < 4.78 is 0.164. The molecular formula is C14H10BrN3O4. The fraction of sp³-hybridized carbons (Fsp3) is 0. The molecule has 0 spiro atoms. The minimum Gasteiger partial charge on any atom is -0.506 e. The molecule has 8 heteroatoms. The maximum atomic E-state index is 11.8. The van der Waals surface area contributed by atoms with Crippen LogP contribution in [-0.4, -0.2) is 22.2 Å². The number of phenols is 1. The van der Waals surface area contributed by atoms with Crippen molar-refractivity contribution in [2.24, 2.45) is 5.10 Å². The zero-order chi connectivity index (χ0) is 16.1. The highest BCUT2D eigenvalue weighted by molar-refractivity contribution is 9.10.